The van der Waals surface area contributed by atoms with Gasteiger partial charge in [-0.3, -0.25) is 19.4 Å². The first kappa shape index (κ1) is 20.1. The van der Waals surface area contributed by atoms with Crippen LogP contribution in [0.1, 0.15) is 18.0 Å². The molecule has 0 amide bonds. The number of hydrogen-bond donors (Lipinski definition) is 2. The van der Waals surface area contributed by atoms with Crippen molar-refractivity contribution in [1.29, 1.82) is 5.26 Å². The first-order valence-corrected chi connectivity index (χ1v) is 9.34. The summed E-state index contributed by atoms with van der Waals surface area (Å²) < 4.78 is 1.53. The second-order valence-electron chi connectivity index (χ2n) is 6.79. The monoisotopic (exact) mass is 404 g/mol. The van der Waals surface area contributed by atoms with Crippen molar-refractivity contribution < 1.29 is 19.8 Å². The highest BCUT2D eigenvalue weighted by atomic mass is 35.5. The van der Waals surface area contributed by atoms with Gasteiger partial charge in [-0.05, 0) is 12.1 Å². The fourth-order valence-electron chi connectivity index (χ4n) is 3.73. The topological polar surface area (TPSA) is 110 Å². The zero-order valence-electron chi connectivity index (χ0n) is 15.2. The maximum Gasteiger partial charge on any atom is 0.325 e. The van der Waals surface area contributed by atoms with Gasteiger partial charge in [0.05, 0.1) is 11.6 Å². The highest BCUT2D eigenvalue weighted by Crippen LogP contribution is 2.32. The molecule has 0 bridgehead atoms. The minimum atomic E-state index is -1.01. The van der Waals surface area contributed by atoms with Crippen molar-refractivity contribution in [1.82, 2.24) is 14.4 Å². The van der Waals surface area contributed by atoms with Crippen LogP contribution in [0.2, 0.25) is 5.02 Å². The first-order valence-electron chi connectivity index (χ1n) is 8.97. The highest BCUT2D eigenvalue weighted by Gasteiger charge is 2.32. The molecule has 3 rings (SSSR count). The molecule has 0 unspecified atom stereocenters. The average molecular weight is 405 g/mol. The van der Waals surface area contributed by atoms with E-state index < -0.39 is 18.0 Å². The SMILES string of the molecule is N#CCCN1CCN([C@@H](C(=O)O)c2cn(CC(=O)O)c3cc(Cl)ccc23)CC1. The largest absolute Gasteiger partial charge is 0.480 e. The van der Waals surface area contributed by atoms with Crippen molar-refractivity contribution in [2.24, 2.45) is 0 Å². The van der Waals surface area contributed by atoms with Crippen LogP contribution < -0.4 is 0 Å². The van der Waals surface area contributed by atoms with Crippen LogP contribution >= 0.6 is 11.6 Å². The summed E-state index contributed by atoms with van der Waals surface area (Å²) in [5.41, 5.74) is 1.16. The van der Waals surface area contributed by atoms with Crippen LogP contribution in [0, 0.1) is 11.3 Å². The molecule has 8 nitrogen and oxygen atoms in total. The van der Waals surface area contributed by atoms with Gasteiger partial charge in [-0.1, -0.05) is 17.7 Å². The zero-order valence-corrected chi connectivity index (χ0v) is 16.0. The van der Waals surface area contributed by atoms with Gasteiger partial charge in [0.1, 0.15) is 12.6 Å². The van der Waals surface area contributed by atoms with Crippen LogP contribution in [0.5, 0.6) is 0 Å². The number of rotatable bonds is 7. The fraction of sp³-hybridized carbons (Fsp3) is 0.421. The number of carboxylic acid groups (broad SMARTS) is 2. The molecule has 1 aliphatic rings. The lowest BCUT2D eigenvalue weighted by Gasteiger charge is -2.37. The van der Waals surface area contributed by atoms with Gasteiger partial charge in [0.15, 0.2) is 0 Å². The van der Waals surface area contributed by atoms with Gasteiger partial charge >= 0.3 is 11.9 Å². The molecule has 1 aromatic carbocycles. The molecular formula is C19H21ClN4O4. The van der Waals surface area contributed by atoms with E-state index in [4.69, 9.17) is 16.9 Å². The average Bonchev–Trinajstić information content (AvgIpc) is 2.97. The summed E-state index contributed by atoms with van der Waals surface area (Å²) in [6.07, 6.45) is 2.06. The summed E-state index contributed by atoms with van der Waals surface area (Å²) in [4.78, 5) is 27.4. The smallest absolute Gasteiger partial charge is 0.325 e. The summed E-state index contributed by atoms with van der Waals surface area (Å²) in [6.45, 7) is 2.89. The fourth-order valence-corrected chi connectivity index (χ4v) is 3.89. The summed E-state index contributed by atoms with van der Waals surface area (Å²) in [5, 5.41) is 29.0. The molecule has 1 fully saturated rings. The molecule has 0 radical (unpaired) electrons. The third kappa shape index (κ3) is 4.28. The van der Waals surface area contributed by atoms with Crippen LogP contribution in [-0.4, -0.2) is 69.2 Å². The molecule has 1 aromatic heterocycles. The maximum atomic E-state index is 12.1. The van der Waals surface area contributed by atoms with E-state index in [2.05, 4.69) is 11.0 Å². The third-order valence-corrected chi connectivity index (χ3v) is 5.26. The number of carbonyl (C=O) groups is 2. The number of nitriles is 1. The number of aliphatic carboxylic acids is 2. The number of benzene rings is 1. The van der Waals surface area contributed by atoms with Crippen LogP contribution in [0.3, 0.4) is 0 Å². The number of fused-ring (bicyclic) bond motifs is 1. The molecule has 1 saturated heterocycles. The number of piperazine rings is 1. The van der Waals surface area contributed by atoms with Gasteiger partial charge in [0, 0.05) is 61.3 Å². The molecule has 0 saturated carbocycles. The van der Waals surface area contributed by atoms with Crippen molar-refractivity contribution in [2.45, 2.75) is 19.0 Å². The van der Waals surface area contributed by atoms with E-state index >= 15 is 0 Å². The molecule has 2 aromatic rings. The summed E-state index contributed by atoms with van der Waals surface area (Å²) in [6, 6.07) is 6.32. The van der Waals surface area contributed by atoms with Crippen LogP contribution in [0.4, 0.5) is 0 Å². The second kappa shape index (κ2) is 8.61. The number of halogens is 1. The Balaban J connectivity index is 1.93. The molecule has 28 heavy (non-hydrogen) atoms. The lowest BCUT2D eigenvalue weighted by molar-refractivity contribution is -0.144. The van der Waals surface area contributed by atoms with Gasteiger partial charge in [0.2, 0.25) is 0 Å². The van der Waals surface area contributed by atoms with Crippen molar-refractivity contribution >= 4 is 34.4 Å². The van der Waals surface area contributed by atoms with Crippen molar-refractivity contribution in [3.05, 3.63) is 35.0 Å². The Morgan fingerprint density at radius 3 is 2.54 bits per heavy atom. The summed E-state index contributed by atoms with van der Waals surface area (Å²) in [7, 11) is 0. The number of aromatic nitrogens is 1. The van der Waals surface area contributed by atoms with Gasteiger partial charge < -0.3 is 14.8 Å². The van der Waals surface area contributed by atoms with E-state index in [1.54, 1.807) is 24.4 Å². The number of carboxylic acids is 2. The standard InChI is InChI=1S/C19H21ClN4O4/c20-13-2-3-14-15(11-24(12-17(25)26)16(14)10-13)18(19(27)28)23-8-6-22(7-9-23)5-1-4-21/h2-3,10-11,18H,1,5-9,12H2,(H,25,26)(H,27,28)/t18-/m1/s1. The predicted molar refractivity (Wildman–Crippen MR) is 103 cm³/mol. The quantitative estimate of drug-likeness (QED) is 0.726. The van der Waals surface area contributed by atoms with Crippen molar-refractivity contribution in [2.75, 3.05) is 32.7 Å². The molecule has 0 spiro atoms. The number of hydrogen-bond acceptors (Lipinski definition) is 5. The minimum absolute atomic E-state index is 0.273. The second-order valence-corrected chi connectivity index (χ2v) is 7.23. The lowest BCUT2D eigenvalue weighted by atomic mass is 10.0. The van der Waals surface area contributed by atoms with E-state index in [-0.39, 0.29) is 6.54 Å². The molecule has 148 valence electrons. The van der Waals surface area contributed by atoms with E-state index in [9.17, 15) is 19.8 Å². The molecule has 2 N–H and O–H groups in total. The van der Waals surface area contributed by atoms with Crippen molar-refractivity contribution in [3.63, 3.8) is 0 Å². The minimum Gasteiger partial charge on any atom is -0.480 e. The maximum absolute atomic E-state index is 12.1. The van der Waals surface area contributed by atoms with Crippen molar-refractivity contribution in [3.8, 4) is 6.07 Å². The van der Waals surface area contributed by atoms with E-state index in [1.165, 1.54) is 4.57 Å². The molecule has 0 aliphatic carbocycles. The zero-order chi connectivity index (χ0) is 20.3. The molecule has 1 atom stereocenters. The normalized spacial score (nSPS) is 16.7. The Morgan fingerprint density at radius 2 is 1.93 bits per heavy atom. The third-order valence-electron chi connectivity index (χ3n) is 5.02. The van der Waals surface area contributed by atoms with Crippen LogP contribution in [-0.2, 0) is 16.1 Å². The van der Waals surface area contributed by atoms with Gasteiger partial charge in [-0.25, -0.2) is 0 Å². The first-order chi connectivity index (χ1) is 13.4. The van der Waals surface area contributed by atoms with Gasteiger partial charge in [-0.2, -0.15) is 5.26 Å². The molecule has 2 heterocycles. The summed E-state index contributed by atoms with van der Waals surface area (Å²) >= 11 is 6.07. The van der Waals surface area contributed by atoms with Crippen LogP contribution in [0.15, 0.2) is 24.4 Å². The van der Waals surface area contributed by atoms with E-state index in [1.807, 2.05) is 4.90 Å². The Bertz CT molecular complexity index is 928. The Hall–Kier alpha value is -2.60. The molecule has 9 heteroatoms. The Morgan fingerprint density at radius 1 is 1.21 bits per heavy atom. The van der Waals surface area contributed by atoms with Gasteiger partial charge in [0.25, 0.3) is 0 Å². The predicted octanol–water partition coefficient (Wildman–Crippen LogP) is 2.04. The lowest BCUT2D eigenvalue weighted by Crippen LogP contribution is -2.49. The van der Waals surface area contributed by atoms with Crippen LogP contribution in [0.25, 0.3) is 10.9 Å². The molecule has 1 aliphatic heterocycles. The Kier molecular flexibility index (Phi) is 6.19. The Labute approximate surface area is 167 Å². The number of nitrogens with zero attached hydrogens (tertiary/aromatic N) is 4. The van der Waals surface area contributed by atoms with E-state index in [0.29, 0.717) is 60.6 Å². The molecular weight excluding hydrogens is 384 g/mol. The summed E-state index contributed by atoms with van der Waals surface area (Å²) in [5.74, 6) is -1.99. The highest BCUT2D eigenvalue weighted by molar-refractivity contribution is 6.31. The van der Waals surface area contributed by atoms with Gasteiger partial charge in [-0.15, -0.1) is 0 Å². The van der Waals surface area contributed by atoms with E-state index in [0.717, 1.165) is 0 Å².